The molecular weight excluding hydrogens is 398 g/mol. The summed E-state index contributed by atoms with van der Waals surface area (Å²) in [5.41, 5.74) is 0.992. The van der Waals surface area contributed by atoms with Crippen molar-refractivity contribution < 1.29 is 14.5 Å². The van der Waals surface area contributed by atoms with Crippen LogP contribution in [-0.2, 0) is 0 Å². The van der Waals surface area contributed by atoms with Crippen molar-refractivity contribution in [1.29, 1.82) is 0 Å². The zero-order chi connectivity index (χ0) is 21.8. The van der Waals surface area contributed by atoms with Gasteiger partial charge in [0.2, 0.25) is 0 Å². The normalized spacial score (nSPS) is 13.7. The molecule has 31 heavy (non-hydrogen) atoms. The largest absolute Gasteiger partial charge is 0.496 e. The van der Waals surface area contributed by atoms with Crippen LogP contribution in [0.4, 0.5) is 11.5 Å². The minimum Gasteiger partial charge on any atom is -0.496 e. The molecule has 0 radical (unpaired) electrons. The third-order valence-electron chi connectivity index (χ3n) is 5.19. The van der Waals surface area contributed by atoms with Gasteiger partial charge in [0, 0.05) is 50.1 Å². The second-order valence-electron chi connectivity index (χ2n) is 7.03. The predicted molar refractivity (Wildman–Crippen MR) is 115 cm³/mol. The van der Waals surface area contributed by atoms with Crippen LogP contribution in [0, 0.1) is 10.1 Å². The number of amides is 1. The Kier molecular flexibility index (Phi) is 5.74. The second kappa shape index (κ2) is 8.78. The molecule has 158 valence electrons. The Morgan fingerprint density at radius 1 is 1.06 bits per heavy atom. The number of nitro benzene ring substituents is 1. The summed E-state index contributed by atoms with van der Waals surface area (Å²) in [4.78, 5) is 36.4. The molecule has 3 aromatic rings. The maximum absolute atomic E-state index is 13.0. The van der Waals surface area contributed by atoms with Gasteiger partial charge < -0.3 is 14.5 Å². The Morgan fingerprint density at radius 2 is 1.81 bits per heavy atom. The monoisotopic (exact) mass is 419 g/mol. The van der Waals surface area contributed by atoms with Crippen LogP contribution in [0.1, 0.15) is 10.4 Å². The van der Waals surface area contributed by atoms with Gasteiger partial charge in [0.15, 0.2) is 5.82 Å². The molecule has 1 aliphatic heterocycles. The van der Waals surface area contributed by atoms with Crippen LogP contribution in [0.5, 0.6) is 5.75 Å². The SMILES string of the molecule is COc1ccc([N+](=O)[O-])cc1C(=O)N1CCN(c2ccnc(-c3ccccc3)n2)CC1. The molecule has 2 heterocycles. The fourth-order valence-electron chi connectivity index (χ4n) is 3.54. The van der Waals surface area contributed by atoms with Gasteiger partial charge >= 0.3 is 0 Å². The van der Waals surface area contributed by atoms with Gasteiger partial charge in [-0.05, 0) is 12.1 Å². The summed E-state index contributed by atoms with van der Waals surface area (Å²) in [5.74, 6) is 1.49. The Hall–Kier alpha value is -4.01. The van der Waals surface area contributed by atoms with Crippen LogP contribution in [0.15, 0.2) is 60.8 Å². The van der Waals surface area contributed by atoms with Gasteiger partial charge in [-0.2, -0.15) is 0 Å². The van der Waals surface area contributed by atoms with E-state index in [1.807, 2.05) is 36.4 Å². The van der Waals surface area contributed by atoms with Gasteiger partial charge in [-0.25, -0.2) is 9.97 Å². The topological polar surface area (TPSA) is 102 Å². The number of carbonyl (C=O) groups is 1. The Morgan fingerprint density at radius 3 is 2.48 bits per heavy atom. The van der Waals surface area contributed by atoms with Crippen molar-refractivity contribution in [2.45, 2.75) is 0 Å². The van der Waals surface area contributed by atoms with Crippen molar-refractivity contribution in [1.82, 2.24) is 14.9 Å². The van der Waals surface area contributed by atoms with Crippen LogP contribution >= 0.6 is 0 Å². The number of piperazine rings is 1. The number of rotatable bonds is 5. The van der Waals surface area contributed by atoms with Crippen molar-refractivity contribution in [3.05, 3.63) is 76.5 Å². The molecule has 0 saturated carbocycles. The van der Waals surface area contributed by atoms with E-state index in [1.165, 1.54) is 25.3 Å². The summed E-state index contributed by atoms with van der Waals surface area (Å²) in [5, 5.41) is 11.1. The number of hydrogen-bond donors (Lipinski definition) is 0. The van der Waals surface area contributed by atoms with Crippen LogP contribution in [-0.4, -0.2) is 59.0 Å². The van der Waals surface area contributed by atoms with Crippen molar-refractivity contribution >= 4 is 17.4 Å². The minimum atomic E-state index is -0.520. The molecule has 9 nitrogen and oxygen atoms in total. The highest BCUT2D eigenvalue weighted by Crippen LogP contribution is 2.26. The van der Waals surface area contributed by atoms with E-state index in [1.54, 1.807) is 11.1 Å². The number of non-ortho nitro benzene ring substituents is 1. The molecule has 0 N–H and O–H groups in total. The lowest BCUT2D eigenvalue weighted by molar-refractivity contribution is -0.384. The van der Waals surface area contributed by atoms with Gasteiger partial charge in [0.25, 0.3) is 11.6 Å². The molecule has 1 saturated heterocycles. The molecule has 0 aliphatic carbocycles. The van der Waals surface area contributed by atoms with Crippen LogP contribution in [0.3, 0.4) is 0 Å². The fraction of sp³-hybridized carbons (Fsp3) is 0.227. The highest BCUT2D eigenvalue weighted by molar-refractivity contribution is 5.97. The van der Waals surface area contributed by atoms with Crippen molar-refractivity contribution in [2.24, 2.45) is 0 Å². The van der Waals surface area contributed by atoms with Crippen LogP contribution in [0.25, 0.3) is 11.4 Å². The molecule has 1 aliphatic rings. The number of ether oxygens (including phenoxy) is 1. The third-order valence-corrected chi connectivity index (χ3v) is 5.19. The molecule has 0 spiro atoms. The van der Waals surface area contributed by atoms with Crippen molar-refractivity contribution in [3.8, 4) is 17.1 Å². The minimum absolute atomic E-state index is 0.141. The number of anilines is 1. The summed E-state index contributed by atoms with van der Waals surface area (Å²) < 4.78 is 5.24. The number of benzene rings is 2. The molecular formula is C22H21N5O4. The highest BCUT2D eigenvalue weighted by atomic mass is 16.6. The molecule has 0 atom stereocenters. The smallest absolute Gasteiger partial charge is 0.270 e. The number of hydrogen-bond acceptors (Lipinski definition) is 7. The van der Waals surface area contributed by atoms with Gasteiger partial charge in [-0.1, -0.05) is 30.3 Å². The van der Waals surface area contributed by atoms with E-state index in [0.717, 1.165) is 11.4 Å². The van der Waals surface area contributed by atoms with Gasteiger partial charge in [-0.15, -0.1) is 0 Å². The zero-order valence-electron chi connectivity index (χ0n) is 17.0. The lowest BCUT2D eigenvalue weighted by Gasteiger charge is -2.35. The molecule has 0 bridgehead atoms. The molecule has 0 unspecified atom stereocenters. The standard InChI is InChI=1S/C22H21N5O4/c1-31-19-8-7-17(27(29)30)15-18(19)22(28)26-13-11-25(12-14-26)20-9-10-23-21(24-20)16-5-3-2-4-6-16/h2-10,15H,11-14H2,1H3. The van der Waals surface area contributed by atoms with E-state index < -0.39 is 4.92 Å². The average molecular weight is 419 g/mol. The number of nitro groups is 1. The zero-order valence-corrected chi connectivity index (χ0v) is 17.0. The number of carbonyl (C=O) groups excluding carboxylic acids is 1. The Bertz CT molecular complexity index is 1100. The lowest BCUT2D eigenvalue weighted by Crippen LogP contribution is -2.49. The molecule has 4 rings (SSSR count). The summed E-state index contributed by atoms with van der Waals surface area (Å²) in [7, 11) is 1.44. The first-order chi connectivity index (χ1) is 15.1. The molecule has 1 aromatic heterocycles. The number of aromatic nitrogens is 2. The van der Waals surface area contributed by atoms with E-state index in [9.17, 15) is 14.9 Å². The summed E-state index contributed by atoms with van der Waals surface area (Å²) >= 11 is 0. The van der Waals surface area contributed by atoms with Crippen molar-refractivity contribution in [2.75, 3.05) is 38.2 Å². The van der Waals surface area contributed by atoms with Gasteiger partial charge in [0.05, 0.1) is 17.6 Å². The van der Waals surface area contributed by atoms with Crippen molar-refractivity contribution in [3.63, 3.8) is 0 Å². The maximum Gasteiger partial charge on any atom is 0.270 e. The van der Waals surface area contributed by atoms with E-state index in [2.05, 4.69) is 14.9 Å². The van der Waals surface area contributed by atoms with Gasteiger partial charge in [0.1, 0.15) is 11.6 Å². The van der Waals surface area contributed by atoms with E-state index in [-0.39, 0.29) is 17.2 Å². The number of methoxy groups -OCH3 is 1. The molecule has 1 amide bonds. The highest BCUT2D eigenvalue weighted by Gasteiger charge is 2.26. The van der Waals surface area contributed by atoms with E-state index >= 15 is 0 Å². The van der Waals surface area contributed by atoms with Crippen LogP contribution in [0.2, 0.25) is 0 Å². The third kappa shape index (κ3) is 4.30. The quantitative estimate of drug-likeness (QED) is 0.463. The first-order valence-electron chi connectivity index (χ1n) is 9.82. The maximum atomic E-state index is 13.0. The predicted octanol–water partition coefficient (Wildman–Crippen LogP) is 3.02. The average Bonchev–Trinajstić information content (AvgIpc) is 2.84. The first-order valence-corrected chi connectivity index (χ1v) is 9.82. The first kappa shape index (κ1) is 20.3. The lowest BCUT2D eigenvalue weighted by atomic mass is 10.1. The molecule has 1 fully saturated rings. The Balaban J connectivity index is 1.48. The van der Waals surface area contributed by atoms with Gasteiger partial charge in [-0.3, -0.25) is 14.9 Å². The Labute approximate surface area is 179 Å². The summed E-state index contributed by atoms with van der Waals surface area (Å²) in [6.45, 7) is 2.12. The summed E-state index contributed by atoms with van der Waals surface area (Å²) in [6.07, 6.45) is 1.73. The van der Waals surface area contributed by atoms with E-state index in [0.29, 0.717) is 37.8 Å². The molecule has 9 heteroatoms. The second-order valence-corrected chi connectivity index (χ2v) is 7.03. The fourth-order valence-corrected chi connectivity index (χ4v) is 3.54. The van der Waals surface area contributed by atoms with Crippen LogP contribution < -0.4 is 9.64 Å². The molecule has 2 aromatic carbocycles. The summed E-state index contributed by atoms with van der Waals surface area (Å²) in [6, 6.07) is 15.7. The number of nitrogens with zero attached hydrogens (tertiary/aromatic N) is 5. The van der Waals surface area contributed by atoms with E-state index in [4.69, 9.17) is 4.74 Å².